The zero-order chi connectivity index (χ0) is 14.7. The summed E-state index contributed by atoms with van der Waals surface area (Å²) in [4.78, 5) is 0. The Hall–Kier alpha value is -1.80. The lowest BCUT2D eigenvalue weighted by molar-refractivity contribution is 0.559. The van der Waals surface area contributed by atoms with E-state index in [0.717, 1.165) is 13.1 Å². The highest BCUT2D eigenvalue weighted by Crippen LogP contribution is 2.23. The first-order chi connectivity index (χ1) is 10.2. The number of fused-ring (bicyclic) bond motifs is 1. The van der Waals surface area contributed by atoms with E-state index in [1.807, 2.05) is 0 Å². The second-order valence-corrected chi connectivity index (χ2v) is 6.09. The van der Waals surface area contributed by atoms with E-state index in [9.17, 15) is 0 Å². The Balaban J connectivity index is 1.51. The maximum absolute atomic E-state index is 3.64. The highest BCUT2D eigenvalue weighted by molar-refractivity contribution is 5.53. The van der Waals surface area contributed by atoms with Gasteiger partial charge >= 0.3 is 0 Å². The smallest absolute Gasteiger partial charge is 0.0389 e. The minimum Gasteiger partial charge on any atom is -0.381 e. The van der Waals surface area contributed by atoms with Crippen molar-refractivity contribution in [2.45, 2.75) is 39.3 Å². The highest BCUT2D eigenvalue weighted by atomic mass is 15.0. The molecule has 0 saturated carbocycles. The van der Waals surface area contributed by atoms with Crippen molar-refractivity contribution in [2.75, 3.05) is 11.9 Å². The zero-order valence-electron chi connectivity index (χ0n) is 12.9. The van der Waals surface area contributed by atoms with Crippen LogP contribution in [0.15, 0.2) is 42.5 Å². The molecule has 1 unspecified atom stereocenters. The van der Waals surface area contributed by atoms with Gasteiger partial charge in [-0.2, -0.15) is 0 Å². The predicted molar refractivity (Wildman–Crippen MR) is 89.8 cm³/mol. The number of anilines is 1. The molecular formula is C19H24N2. The van der Waals surface area contributed by atoms with Crippen molar-refractivity contribution in [3.05, 3.63) is 64.7 Å². The highest BCUT2D eigenvalue weighted by Gasteiger charge is 2.16. The summed E-state index contributed by atoms with van der Waals surface area (Å²) in [5, 5.41) is 7.23. The number of aryl methyl sites for hydroxylation is 3. The molecule has 0 radical (unpaired) electrons. The number of hydrogen-bond donors (Lipinski definition) is 2. The molecule has 2 aromatic rings. The average Bonchev–Trinajstić information content (AvgIpc) is 2.51. The monoisotopic (exact) mass is 280 g/mol. The van der Waals surface area contributed by atoms with Gasteiger partial charge in [-0.3, -0.25) is 0 Å². The van der Waals surface area contributed by atoms with Crippen molar-refractivity contribution in [2.24, 2.45) is 0 Å². The Labute approximate surface area is 127 Å². The van der Waals surface area contributed by atoms with E-state index in [-0.39, 0.29) is 0 Å². The van der Waals surface area contributed by atoms with Crippen LogP contribution in [0.5, 0.6) is 0 Å². The first-order valence-electron chi connectivity index (χ1n) is 7.83. The van der Waals surface area contributed by atoms with Crippen molar-refractivity contribution in [3.63, 3.8) is 0 Å². The number of hydrogen-bond acceptors (Lipinski definition) is 2. The number of benzene rings is 2. The molecule has 0 saturated heterocycles. The van der Waals surface area contributed by atoms with E-state index in [4.69, 9.17) is 0 Å². The van der Waals surface area contributed by atoms with Crippen LogP contribution in [0.1, 0.15) is 28.7 Å². The third-order valence-electron chi connectivity index (χ3n) is 4.43. The summed E-state index contributed by atoms with van der Waals surface area (Å²) >= 11 is 0. The van der Waals surface area contributed by atoms with E-state index in [0.29, 0.717) is 6.04 Å². The largest absolute Gasteiger partial charge is 0.381 e. The van der Waals surface area contributed by atoms with Gasteiger partial charge in [-0.1, -0.05) is 36.4 Å². The van der Waals surface area contributed by atoms with Gasteiger partial charge in [0, 0.05) is 24.8 Å². The molecule has 21 heavy (non-hydrogen) atoms. The lowest BCUT2D eigenvalue weighted by Crippen LogP contribution is -2.35. The topological polar surface area (TPSA) is 24.1 Å². The molecule has 3 rings (SSSR count). The van der Waals surface area contributed by atoms with Crippen molar-refractivity contribution < 1.29 is 0 Å². The van der Waals surface area contributed by atoms with Gasteiger partial charge in [0.15, 0.2) is 0 Å². The van der Waals surface area contributed by atoms with Crippen molar-refractivity contribution >= 4 is 5.69 Å². The summed E-state index contributed by atoms with van der Waals surface area (Å²) in [7, 11) is 0. The van der Waals surface area contributed by atoms with E-state index in [2.05, 4.69) is 66.9 Å². The fourth-order valence-electron chi connectivity index (χ4n) is 2.96. The van der Waals surface area contributed by atoms with E-state index in [1.54, 1.807) is 0 Å². The molecule has 0 aliphatic carbocycles. The molecule has 2 N–H and O–H groups in total. The van der Waals surface area contributed by atoms with Crippen LogP contribution in [0, 0.1) is 13.8 Å². The normalized spacial score (nSPS) is 17.1. The third-order valence-corrected chi connectivity index (χ3v) is 4.43. The Kier molecular flexibility index (Phi) is 4.26. The van der Waals surface area contributed by atoms with E-state index in [1.165, 1.54) is 40.8 Å². The molecule has 0 aromatic heterocycles. The second kappa shape index (κ2) is 6.31. The Morgan fingerprint density at radius 2 is 1.95 bits per heavy atom. The maximum Gasteiger partial charge on any atom is 0.0389 e. The van der Waals surface area contributed by atoms with Crippen molar-refractivity contribution in [1.29, 1.82) is 0 Å². The molecule has 1 aliphatic rings. The predicted octanol–water partition coefficient (Wildman–Crippen LogP) is 3.82. The molecule has 2 nitrogen and oxygen atoms in total. The Bertz CT molecular complexity index is 619. The number of nitrogens with one attached hydrogen (secondary N) is 2. The molecule has 0 bridgehead atoms. The molecular weight excluding hydrogens is 256 g/mol. The molecule has 1 aliphatic heterocycles. The molecule has 0 spiro atoms. The van der Waals surface area contributed by atoms with Crippen LogP contribution >= 0.6 is 0 Å². The summed E-state index contributed by atoms with van der Waals surface area (Å²) in [5.41, 5.74) is 6.86. The molecule has 1 heterocycles. The van der Waals surface area contributed by atoms with Crippen LogP contribution in [0.3, 0.4) is 0 Å². The minimum atomic E-state index is 0.534. The molecule has 2 aromatic carbocycles. The third kappa shape index (κ3) is 3.45. The van der Waals surface area contributed by atoms with Crippen molar-refractivity contribution in [3.8, 4) is 0 Å². The first-order valence-corrected chi connectivity index (χ1v) is 7.83. The fourth-order valence-corrected chi connectivity index (χ4v) is 2.96. The van der Waals surface area contributed by atoms with Crippen LogP contribution in [0.25, 0.3) is 0 Å². The van der Waals surface area contributed by atoms with E-state index >= 15 is 0 Å². The lowest BCUT2D eigenvalue weighted by atomic mass is 9.98. The quantitative estimate of drug-likeness (QED) is 0.889. The summed E-state index contributed by atoms with van der Waals surface area (Å²) in [6, 6.07) is 15.9. The summed E-state index contributed by atoms with van der Waals surface area (Å²) < 4.78 is 0. The average molecular weight is 280 g/mol. The SMILES string of the molecule is Cc1ccc(CNCC2CCc3ccccc3N2)cc1C. The first kappa shape index (κ1) is 14.2. The van der Waals surface area contributed by atoms with Gasteiger partial charge in [-0.15, -0.1) is 0 Å². The van der Waals surface area contributed by atoms with Gasteiger partial charge in [-0.25, -0.2) is 0 Å². The van der Waals surface area contributed by atoms with Gasteiger partial charge in [0.1, 0.15) is 0 Å². The van der Waals surface area contributed by atoms with Gasteiger partial charge in [-0.05, 0) is 55.0 Å². The lowest BCUT2D eigenvalue weighted by Gasteiger charge is -2.27. The molecule has 1 atom stereocenters. The number of para-hydroxylation sites is 1. The molecule has 0 amide bonds. The number of rotatable bonds is 4. The zero-order valence-corrected chi connectivity index (χ0v) is 12.9. The van der Waals surface area contributed by atoms with Crippen LogP contribution in [0.2, 0.25) is 0 Å². The van der Waals surface area contributed by atoms with Crippen LogP contribution < -0.4 is 10.6 Å². The maximum atomic E-state index is 3.64. The fraction of sp³-hybridized carbons (Fsp3) is 0.368. The van der Waals surface area contributed by atoms with Crippen LogP contribution in [-0.2, 0) is 13.0 Å². The summed E-state index contributed by atoms with van der Waals surface area (Å²) in [5.74, 6) is 0. The molecule has 0 fully saturated rings. The minimum absolute atomic E-state index is 0.534. The van der Waals surface area contributed by atoms with Gasteiger partial charge in [0.05, 0.1) is 0 Å². The van der Waals surface area contributed by atoms with E-state index < -0.39 is 0 Å². The van der Waals surface area contributed by atoms with Crippen LogP contribution in [0.4, 0.5) is 5.69 Å². The summed E-state index contributed by atoms with van der Waals surface area (Å²) in [6.07, 6.45) is 2.39. The standard InChI is InChI=1S/C19H24N2/c1-14-7-8-16(11-15(14)2)12-20-13-18-10-9-17-5-3-4-6-19(17)21-18/h3-8,11,18,20-21H,9-10,12-13H2,1-2H3. The second-order valence-electron chi connectivity index (χ2n) is 6.09. The van der Waals surface area contributed by atoms with Gasteiger partial charge in [0.25, 0.3) is 0 Å². The molecule has 110 valence electrons. The van der Waals surface area contributed by atoms with Crippen molar-refractivity contribution in [1.82, 2.24) is 5.32 Å². The Morgan fingerprint density at radius 3 is 2.81 bits per heavy atom. The molecule has 2 heteroatoms. The Morgan fingerprint density at radius 1 is 1.10 bits per heavy atom. The summed E-state index contributed by atoms with van der Waals surface area (Å²) in [6.45, 7) is 6.30. The van der Waals surface area contributed by atoms with Gasteiger partial charge < -0.3 is 10.6 Å². The van der Waals surface area contributed by atoms with Crippen LogP contribution in [-0.4, -0.2) is 12.6 Å². The van der Waals surface area contributed by atoms with Gasteiger partial charge in [0.2, 0.25) is 0 Å².